The van der Waals surface area contributed by atoms with Crippen molar-refractivity contribution >= 4 is 131 Å². The summed E-state index contributed by atoms with van der Waals surface area (Å²) < 4.78 is 21.7. The Bertz CT molecular complexity index is 8430. The van der Waals surface area contributed by atoms with Crippen molar-refractivity contribution in [2.75, 3.05) is 0 Å². The van der Waals surface area contributed by atoms with E-state index in [1.165, 1.54) is 43.8 Å². The van der Waals surface area contributed by atoms with E-state index in [-0.39, 0.29) is 0 Å². The summed E-state index contributed by atoms with van der Waals surface area (Å²) in [6.45, 7) is 0. The van der Waals surface area contributed by atoms with E-state index in [9.17, 15) is 0 Å². The van der Waals surface area contributed by atoms with E-state index < -0.39 is 0 Å². The largest absolute Gasteiger partial charge is 0.456 e. The molecule has 0 bridgehead atoms. The fourth-order valence-electron chi connectivity index (χ4n) is 18.0. The van der Waals surface area contributed by atoms with Crippen LogP contribution in [0.2, 0.25) is 0 Å². The van der Waals surface area contributed by atoms with Crippen LogP contribution in [0.5, 0.6) is 0 Å². The van der Waals surface area contributed by atoms with Gasteiger partial charge in [0.05, 0.1) is 44.1 Å². The molecule has 0 saturated heterocycles. The Kier molecular flexibility index (Phi) is 15.7. The van der Waals surface area contributed by atoms with Crippen molar-refractivity contribution in [3.63, 3.8) is 0 Å². The Morgan fingerprint density at radius 2 is 0.433 bits per heavy atom. The molecular weight excluding hydrogens is 1470 g/mol. The van der Waals surface area contributed by atoms with Gasteiger partial charge in [0.25, 0.3) is 0 Å². The molecule has 0 amide bonds. The van der Waals surface area contributed by atoms with Gasteiger partial charge in [-0.3, -0.25) is 9.13 Å². The zero-order chi connectivity index (χ0) is 78.9. The molecule has 12 heteroatoms. The number of rotatable bonds is 11. The van der Waals surface area contributed by atoms with Gasteiger partial charge in [-0.2, -0.15) is 19.9 Å². The SMILES string of the molecule is c1ccc(-c2ccc3c(c2)c2ccccc2n3-c2cccc(-c3nc(-c4ccc5c(c4)oc4ccccc45)nc(-n4c5ccccc5c5cc(-c6ccccc6)ccc54)n3)c2)cc1.c1ccc(-c2ccc3c(c2)c2ccccc2n3-c2nc(-c3ccc4c(c3)oc3ccccc34)nc(-c3ccc4c5ccccc5n(-c5ccccc5)c4c3)n2)cc1. The maximum atomic E-state index is 6.38. The second-order valence-electron chi connectivity index (χ2n) is 30.5. The Hall–Kier alpha value is -16.4. The molecule has 0 saturated carbocycles. The van der Waals surface area contributed by atoms with E-state index in [0.717, 1.165) is 154 Å². The number of benzene rings is 17. The fraction of sp³-hybridized carbons (Fsp3) is 0. The van der Waals surface area contributed by atoms with Crippen molar-refractivity contribution in [1.82, 2.24) is 48.2 Å². The van der Waals surface area contributed by atoms with Gasteiger partial charge in [0, 0.05) is 98.3 Å². The lowest BCUT2D eigenvalue weighted by atomic mass is 10.0. The van der Waals surface area contributed by atoms with Crippen LogP contribution in [0.25, 0.3) is 233 Å². The van der Waals surface area contributed by atoms with Crippen LogP contribution in [-0.2, 0) is 0 Å². The molecule has 0 atom stereocenters. The number of nitrogens with zero attached hydrogens (tertiary/aromatic N) is 10. The molecule has 0 radical (unpaired) electrons. The van der Waals surface area contributed by atoms with Gasteiger partial charge in [0.15, 0.2) is 23.3 Å². The summed E-state index contributed by atoms with van der Waals surface area (Å²) in [6, 6.07) is 140. The van der Waals surface area contributed by atoms with E-state index in [0.29, 0.717) is 35.2 Å². The van der Waals surface area contributed by atoms with Gasteiger partial charge in [-0.25, -0.2) is 9.97 Å². The molecule has 8 aromatic heterocycles. The lowest BCUT2D eigenvalue weighted by molar-refractivity contribution is 0.668. The van der Waals surface area contributed by atoms with Crippen LogP contribution in [0, 0.1) is 0 Å². The molecule has 120 heavy (non-hydrogen) atoms. The summed E-state index contributed by atoms with van der Waals surface area (Å²) >= 11 is 0. The topological polar surface area (TPSA) is 123 Å². The quantitative estimate of drug-likeness (QED) is 0.125. The van der Waals surface area contributed by atoms with Crippen LogP contribution < -0.4 is 0 Å². The first-order valence-corrected chi connectivity index (χ1v) is 40.3. The van der Waals surface area contributed by atoms with E-state index in [1.807, 2.05) is 42.5 Å². The van der Waals surface area contributed by atoms with Gasteiger partial charge in [0.1, 0.15) is 22.3 Å². The third kappa shape index (κ3) is 11.3. The number of hydrogen-bond acceptors (Lipinski definition) is 8. The summed E-state index contributed by atoms with van der Waals surface area (Å²) in [7, 11) is 0. The van der Waals surface area contributed by atoms with Gasteiger partial charge in [0.2, 0.25) is 11.9 Å². The molecule has 25 rings (SSSR count). The summed E-state index contributed by atoms with van der Waals surface area (Å²) in [5.41, 5.74) is 24.4. The lowest BCUT2D eigenvalue weighted by Crippen LogP contribution is -2.06. The van der Waals surface area contributed by atoms with E-state index in [2.05, 4.69) is 376 Å². The second-order valence-corrected chi connectivity index (χ2v) is 30.5. The van der Waals surface area contributed by atoms with Gasteiger partial charge in [-0.05, 0) is 161 Å². The van der Waals surface area contributed by atoms with Crippen molar-refractivity contribution < 1.29 is 8.83 Å². The molecule has 8 heterocycles. The Balaban J connectivity index is 0.000000137. The first kappa shape index (κ1) is 68.0. The Morgan fingerprint density at radius 1 is 0.150 bits per heavy atom. The lowest BCUT2D eigenvalue weighted by Gasteiger charge is -2.13. The number of hydrogen-bond donors (Lipinski definition) is 0. The molecule has 0 aliphatic rings. The normalized spacial score (nSPS) is 11.8. The predicted molar refractivity (Wildman–Crippen MR) is 490 cm³/mol. The maximum absolute atomic E-state index is 6.38. The average Bonchev–Trinajstić information content (AvgIpc) is 1.56. The molecule has 0 aliphatic carbocycles. The number of aromatic nitrogens is 10. The van der Waals surface area contributed by atoms with Crippen LogP contribution in [0.15, 0.2) is 409 Å². The van der Waals surface area contributed by atoms with Crippen LogP contribution in [-0.4, -0.2) is 48.2 Å². The minimum absolute atomic E-state index is 0.536. The van der Waals surface area contributed by atoms with Crippen molar-refractivity contribution in [3.05, 3.63) is 400 Å². The van der Waals surface area contributed by atoms with Gasteiger partial charge in [-0.1, -0.05) is 273 Å². The summed E-state index contributed by atoms with van der Waals surface area (Å²) in [5, 5.41) is 13.5. The van der Waals surface area contributed by atoms with Crippen LogP contribution in [0.4, 0.5) is 0 Å². The van der Waals surface area contributed by atoms with E-state index in [1.54, 1.807) is 0 Å². The standard InChI is InChI=1S/C57H35N5O.C51H31N5O/c1-3-14-36(15-4-1)38-27-30-51-47(33-38)43-20-7-10-23-49(43)61(51)42-19-13-18-40(32-42)55-58-56(41-26-29-46-45-22-9-12-25-53(45)63-54(46)35-41)60-57(59-55)62-50-24-11-8-21-44(50)48-34-39(28-31-52(48)62)37-16-5-2-6-17-37;1-3-13-32(14-4-1)33-25-28-45-42(29-33)38-18-8-11-21-44(38)56(45)51-53-49(52-50(54-51)35-24-27-41-40-19-9-12-22-47(40)57-48(41)31-35)34-23-26-39-37-17-7-10-20-43(37)55(46(39)30-34)36-15-5-2-6-16-36/h1-35H;1-31H. The smallest absolute Gasteiger partial charge is 0.238 e. The second kappa shape index (κ2) is 27.7. The Labute approximate surface area is 686 Å². The molecule has 0 N–H and O–H groups in total. The van der Waals surface area contributed by atoms with Gasteiger partial charge < -0.3 is 18.0 Å². The molecule has 17 aromatic carbocycles. The van der Waals surface area contributed by atoms with Gasteiger partial charge >= 0.3 is 0 Å². The maximum Gasteiger partial charge on any atom is 0.238 e. The zero-order valence-corrected chi connectivity index (χ0v) is 64.4. The van der Waals surface area contributed by atoms with Crippen molar-refractivity contribution in [2.24, 2.45) is 0 Å². The first-order chi connectivity index (χ1) is 59.5. The molecule has 0 spiro atoms. The summed E-state index contributed by atoms with van der Waals surface area (Å²) in [5.74, 6) is 3.35. The molecular formula is C108H66N10O2. The van der Waals surface area contributed by atoms with Crippen molar-refractivity contribution in [2.45, 2.75) is 0 Å². The summed E-state index contributed by atoms with van der Waals surface area (Å²) in [6.07, 6.45) is 0. The minimum Gasteiger partial charge on any atom is -0.456 e. The molecule has 0 fully saturated rings. The number of furan rings is 2. The molecule has 0 unspecified atom stereocenters. The highest BCUT2D eigenvalue weighted by atomic mass is 16.3. The van der Waals surface area contributed by atoms with Gasteiger partial charge in [-0.15, -0.1) is 0 Å². The van der Waals surface area contributed by atoms with E-state index in [4.69, 9.17) is 38.7 Å². The minimum atomic E-state index is 0.536. The zero-order valence-electron chi connectivity index (χ0n) is 64.4. The first-order valence-electron chi connectivity index (χ1n) is 40.3. The molecule has 560 valence electrons. The third-order valence-electron chi connectivity index (χ3n) is 23.6. The Morgan fingerprint density at radius 3 is 0.867 bits per heavy atom. The average molecular weight is 1540 g/mol. The third-order valence-corrected chi connectivity index (χ3v) is 23.6. The number of fused-ring (bicyclic) bond motifs is 18. The van der Waals surface area contributed by atoms with E-state index >= 15 is 0 Å². The predicted octanol–water partition coefficient (Wildman–Crippen LogP) is 27.6. The van der Waals surface area contributed by atoms with Crippen molar-refractivity contribution in [3.8, 4) is 102 Å². The highest BCUT2D eigenvalue weighted by Gasteiger charge is 2.25. The monoisotopic (exact) mass is 1530 g/mol. The van der Waals surface area contributed by atoms with Crippen LogP contribution in [0.1, 0.15) is 0 Å². The molecule has 0 aliphatic heterocycles. The fourth-order valence-corrected chi connectivity index (χ4v) is 18.0. The highest BCUT2D eigenvalue weighted by molar-refractivity contribution is 6.15. The van der Waals surface area contributed by atoms with Crippen LogP contribution >= 0.6 is 0 Å². The molecule has 25 aromatic rings. The molecule has 12 nitrogen and oxygen atoms in total. The van der Waals surface area contributed by atoms with Crippen LogP contribution in [0.3, 0.4) is 0 Å². The highest BCUT2D eigenvalue weighted by Crippen LogP contribution is 2.43. The van der Waals surface area contributed by atoms with Crippen molar-refractivity contribution in [1.29, 1.82) is 0 Å². The summed E-state index contributed by atoms with van der Waals surface area (Å²) in [4.78, 5) is 31.7. The number of para-hydroxylation sites is 7.